The van der Waals surface area contributed by atoms with Crippen LogP contribution >= 0.6 is 0 Å². The molecule has 1 fully saturated rings. The number of methoxy groups -OCH3 is 1. The molecule has 0 amide bonds. The van der Waals surface area contributed by atoms with Crippen LogP contribution in [0.4, 0.5) is 0 Å². The maximum atomic E-state index is 5.69. The lowest BCUT2D eigenvalue weighted by atomic mass is 10.2. The fraction of sp³-hybridized carbons (Fsp3) is 0.409. The monoisotopic (exact) mass is 423 g/mol. The molecule has 1 unspecified atom stereocenters. The van der Waals surface area contributed by atoms with Gasteiger partial charge in [0.2, 0.25) is 0 Å². The fourth-order valence-electron chi connectivity index (χ4n) is 3.77. The second kappa shape index (κ2) is 10.1. The van der Waals surface area contributed by atoms with E-state index in [0.29, 0.717) is 24.9 Å². The van der Waals surface area contributed by atoms with Gasteiger partial charge in [0.15, 0.2) is 11.8 Å². The van der Waals surface area contributed by atoms with E-state index in [1.54, 1.807) is 20.4 Å². The Bertz CT molecular complexity index is 960. The molecule has 1 aromatic carbocycles. The van der Waals surface area contributed by atoms with Crippen LogP contribution in [0.25, 0.3) is 11.4 Å². The van der Waals surface area contributed by atoms with Crippen LogP contribution in [-0.4, -0.2) is 59.8 Å². The average molecular weight is 424 g/mol. The van der Waals surface area contributed by atoms with E-state index >= 15 is 0 Å². The van der Waals surface area contributed by atoms with Crippen molar-refractivity contribution in [3.05, 3.63) is 54.2 Å². The van der Waals surface area contributed by atoms with E-state index in [0.717, 1.165) is 36.0 Å². The standard InChI is InChI=1S/C22H29N7O2/c1-23-22(24-14-18(19-6-5-13-31-19)29-11-3-4-12-29)25-15-20-26-21(28-27-20)16-7-9-17(30-2)10-8-16/h5-10,13,18H,3-4,11-12,14-15H2,1-2H3,(H2,23,24,25)(H,26,27,28). The number of furan rings is 1. The summed E-state index contributed by atoms with van der Waals surface area (Å²) in [4.78, 5) is 11.4. The normalized spacial score (nSPS) is 15.7. The zero-order valence-electron chi connectivity index (χ0n) is 18.0. The van der Waals surface area contributed by atoms with Crippen molar-refractivity contribution in [3.8, 4) is 17.1 Å². The van der Waals surface area contributed by atoms with E-state index in [9.17, 15) is 0 Å². The van der Waals surface area contributed by atoms with Gasteiger partial charge in [0, 0.05) is 19.2 Å². The van der Waals surface area contributed by atoms with Gasteiger partial charge < -0.3 is 19.8 Å². The number of aliphatic imine (C=N–C) groups is 1. The number of ether oxygens (including phenoxy) is 1. The molecule has 1 aliphatic rings. The summed E-state index contributed by atoms with van der Waals surface area (Å²) in [6, 6.07) is 11.8. The van der Waals surface area contributed by atoms with Crippen molar-refractivity contribution in [2.75, 3.05) is 33.8 Å². The van der Waals surface area contributed by atoms with E-state index in [2.05, 4.69) is 35.7 Å². The van der Waals surface area contributed by atoms with Crippen molar-refractivity contribution < 1.29 is 9.15 Å². The van der Waals surface area contributed by atoms with Crippen molar-refractivity contribution in [3.63, 3.8) is 0 Å². The van der Waals surface area contributed by atoms with E-state index < -0.39 is 0 Å². The van der Waals surface area contributed by atoms with Gasteiger partial charge in [-0.1, -0.05) is 0 Å². The highest BCUT2D eigenvalue weighted by Crippen LogP contribution is 2.25. The summed E-state index contributed by atoms with van der Waals surface area (Å²) in [6.45, 7) is 3.37. The highest BCUT2D eigenvalue weighted by Gasteiger charge is 2.25. The second-order valence-electron chi connectivity index (χ2n) is 7.42. The van der Waals surface area contributed by atoms with E-state index in [1.807, 2.05) is 36.4 Å². The van der Waals surface area contributed by atoms with Gasteiger partial charge in [-0.2, -0.15) is 5.10 Å². The van der Waals surface area contributed by atoms with Gasteiger partial charge in [-0.3, -0.25) is 15.0 Å². The predicted octanol–water partition coefficient (Wildman–Crippen LogP) is 2.58. The van der Waals surface area contributed by atoms with Gasteiger partial charge in [-0.25, -0.2) is 4.98 Å². The average Bonchev–Trinajstić information content (AvgIpc) is 3.59. The predicted molar refractivity (Wildman–Crippen MR) is 119 cm³/mol. The summed E-state index contributed by atoms with van der Waals surface area (Å²) in [5, 5.41) is 14.0. The van der Waals surface area contributed by atoms with Crippen molar-refractivity contribution >= 4 is 5.96 Å². The molecule has 4 rings (SSSR count). The Morgan fingerprint density at radius 1 is 1.23 bits per heavy atom. The zero-order chi connectivity index (χ0) is 21.5. The van der Waals surface area contributed by atoms with Crippen LogP contribution in [0.1, 0.15) is 30.5 Å². The molecule has 0 radical (unpaired) electrons. The minimum Gasteiger partial charge on any atom is -0.497 e. The number of hydrogen-bond acceptors (Lipinski definition) is 6. The van der Waals surface area contributed by atoms with Crippen LogP contribution in [0.5, 0.6) is 5.75 Å². The molecule has 2 aromatic heterocycles. The van der Waals surface area contributed by atoms with Crippen molar-refractivity contribution in [2.24, 2.45) is 4.99 Å². The van der Waals surface area contributed by atoms with Crippen LogP contribution in [0.3, 0.4) is 0 Å². The lowest BCUT2D eigenvalue weighted by Gasteiger charge is -2.26. The minimum atomic E-state index is 0.183. The molecular weight excluding hydrogens is 394 g/mol. The molecule has 1 atom stereocenters. The summed E-state index contributed by atoms with van der Waals surface area (Å²) in [6.07, 6.45) is 4.19. The summed E-state index contributed by atoms with van der Waals surface area (Å²) in [5.74, 6) is 3.87. The summed E-state index contributed by atoms with van der Waals surface area (Å²) in [5.41, 5.74) is 0.928. The first-order valence-electron chi connectivity index (χ1n) is 10.5. The molecule has 3 aromatic rings. The molecule has 3 N–H and O–H groups in total. The number of hydrogen-bond donors (Lipinski definition) is 3. The highest BCUT2D eigenvalue weighted by atomic mass is 16.5. The molecular formula is C22H29N7O2. The third-order valence-corrected chi connectivity index (χ3v) is 5.44. The molecule has 1 saturated heterocycles. The van der Waals surface area contributed by atoms with E-state index in [4.69, 9.17) is 9.15 Å². The molecule has 31 heavy (non-hydrogen) atoms. The zero-order valence-corrected chi connectivity index (χ0v) is 18.0. The van der Waals surface area contributed by atoms with Crippen LogP contribution in [0.2, 0.25) is 0 Å². The Morgan fingerprint density at radius 2 is 2.03 bits per heavy atom. The maximum Gasteiger partial charge on any atom is 0.191 e. The van der Waals surface area contributed by atoms with Gasteiger partial charge in [0.1, 0.15) is 17.3 Å². The number of guanidine groups is 1. The number of likely N-dealkylation sites (tertiary alicyclic amines) is 1. The number of nitrogens with one attached hydrogen (secondary N) is 3. The number of aromatic amines is 1. The molecule has 3 heterocycles. The smallest absolute Gasteiger partial charge is 0.191 e. The third-order valence-electron chi connectivity index (χ3n) is 5.44. The Hall–Kier alpha value is -3.33. The number of benzene rings is 1. The second-order valence-corrected chi connectivity index (χ2v) is 7.42. The SMILES string of the molecule is CN=C(NCc1nc(-c2ccc(OC)cc2)n[nH]1)NCC(c1ccco1)N1CCCC1. The first kappa shape index (κ1) is 20.9. The van der Waals surface area contributed by atoms with E-state index in [-0.39, 0.29) is 6.04 Å². The van der Waals surface area contributed by atoms with Crippen molar-refractivity contribution in [1.82, 2.24) is 30.7 Å². The van der Waals surface area contributed by atoms with Gasteiger partial charge in [-0.15, -0.1) is 0 Å². The molecule has 0 aliphatic carbocycles. The Kier molecular flexibility index (Phi) is 6.83. The van der Waals surface area contributed by atoms with Gasteiger partial charge >= 0.3 is 0 Å². The number of rotatable bonds is 8. The number of H-pyrrole nitrogens is 1. The summed E-state index contributed by atoms with van der Waals surface area (Å²) in [7, 11) is 3.41. The van der Waals surface area contributed by atoms with Gasteiger partial charge in [0.05, 0.1) is 26.0 Å². The third kappa shape index (κ3) is 5.24. The van der Waals surface area contributed by atoms with Crippen LogP contribution in [0, 0.1) is 0 Å². The summed E-state index contributed by atoms with van der Waals surface area (Å²) >= 11 is 0. The van der Waals surface area contributed by atoms with Gasteiger partial charge in [-0.05, 0) is 62.3 Å². The molecule has 0 saturated carbocycles. The van der Waals surface area contributed by atoms with Crippen LogP contribution in [0.15, 0.2) is 52.1 Å². The lowest BCUT2D eigenvalue weighted by Crippen LogP contribution is -2.42. The molecule has 9 heteroatoms. The largest absolute Gasteiger partial charge is 0.497 e. The maximum absolute atomic E-state index is 5.69. The number of aromatic nitrogens is 3. The highest BCUT2D eigenvalue weighted by molar-refractivity contribution is 5.79. The van der Waals surface area contributed by atoms with Crippen LogP contribution < -0.4 is 15.4 Å². The Balaban J connectivity index is 1.32. The first-order chi connectivity index (χ1) is 15.3. The summed E-state index contributed by atoms with van der Waals surface area (Å²) < 4.78 is 10.9. The Labute approximate surface area is 181 Å². The molecule has 1 aliphatic heterocycles. The molecule has 0 bridgehead atoms. The fourth-order valence-corrected chi connectivity index (χ4v) is 3.77. The molecule has 164 valence electrons. The van der Waals surface area contributed by atoms with Crippen molar-refractivity contribution in [1.29, 1.82) is 0 Å². The van der Waals surface area contributed by atoms with Gasteiger partial charge in [0.25, 0.3) is 0 Å². The Morgan fingerprint density at radius 3 is 2.71 bits per heavy atom. The van der Waals surface area contributed by atoms with E-state index in [1.165, 1.54) is 12.8 Å². The van der Waals surface area contributed by atoms with Crippen LogP contribution in [-0.2, 0) is 6.54 Å². The quantitative estimate of drug-likeness (QED) is 0.378. The molecule has 0 spiro atoms. The van der Waals surface area contributed by atoms with Crippen molar-refractivity contribution in [2.45, 2.75) is 25.4 Å². The number of nitrogens with zero attached hydrogens (tertiary/aromatic N) is 4. The minimum absolute atomic E-state index is 0.183. The topological polar surface area (TPSA) is 104 Å². The lowest BCUT2D eigenvalue weighted by molar-refractivity contribution is 0.215. The first-order valence-corrected chi connectivity index (χ1v) is 10.5. The molecule has 9 nitrogen and oxygen atoms in total.